The Morgan fingerprint density at radius 3 is 2.37 bits per heavy atom. The summed E-state index contributed by atoms with van der Waals surface area (Å²) in [6.07, 6.45) is 5.00. The summed E-state index contributed by atoms with van der Waals surface area (Å²) in [5, 5.41) is 0. The van der Waals surface area contributed by atoms with Gasteiger partial charge in [0.2, 0.25) is 5.91 Å². The van der Waals surface area contributed by atoms with Crippen LogP contribution in [0.2, 0.25) is 0 Å². The van der Waals surface area contributed by atoms with E-state index in [1.54, 1.807) is 7.11 Å². The van der Waals surface area contributed by atoms with Crippen molar-refractivity contribution in [2.45, 2.75) is 44.8 Å². The maximum Gasteiger partial charge on any atom is 0.233 e. The first-order chi connectivity index (χ1) is 13.2. The first-order valence-electron chi connectivity index (χ1n) is 9.82. The number of ether oxygens (including phenoxy) is 2. The number of nitrogens with zero attached hydrogens (tertiary/aromatic N) is 1. The van der Waals surface area contributed by atoms with E-state index in [2.05, 4.69) is 12.1 Å². The van der Waals surface area contributed by atoms with Crippen molar-refractivity contribution in [2.75, 3.05) is 18.6 Å². The van der Waals surface area contributed by atoms with Crippen molar-refractivity contribution in [1.29, 1.82) is 0 Å². The van der Waals surface area contributed by atoms with E-state index in [-0.39, 0.29) is 17.4 Å². The molecule has 4 heteroatoms. The van der Waals surface area contributed by atoms with Crippen molar-refractivity contribution in [1.82, 2.24) is 0 Å². The molecule has 1 aliphatic carbocycles. The molecule has 1 saturated heterocycles. The number of rotatable bonds is 5. The number of anilines is 1. The minimum atomic E-state index is -0.188. The first-order valence-corrected chi connectivity index (χ1v) is 9.82. The third kappa shape index (κ3) is 3.72. The van der Waals surface area contributed by atoms with Crippen LogP contribution in [0, 0.1) is 5.41 Å². The third-order valence-corrected chi connectivity index (χ3v) is 6.12. The highest BCUT2D eigenvalue weighted by Crippen LogP contribution is 2.46. The van der Waals surface area contributed by atoms with Crippen LogP contribution in [0.1, 0.15) is 37.7 Å². The predicted octanol–water partition coefficient (Wildman–Crippen LogP) is 4.58. The van der Waals surface area contributed by atoms with Crippen molar-refractivity contribution in [3.05, 3.63) is 60.2 Å². The second-order valence-electron chi connectivity index (χ2n) is 7.68. The third-order valence-electron chi connectivity index (χ3n) is 6.12. The predicted molar refractivity (Wildman–Crippen MR) is 106 cm³/mol. The van der Waals surface area contributed by atoms with Gasteiger partial charge in [0.15, 0.2) is 0 Å². The summed E-state index contributed by atoms with van der Waals surface area (Å²) < 4.78 is 11.3. The molecule has 0 radical (unpaired) electrons. The minimum Gasteiger partial charge on any atom is -0.497 e. The molecule has 0 aromatic heterocycles. The van der Waals surface area contributed by atoms with Crippen LogP contribution in [0.25, 0.3) is 0 Å². The lowest BCUT2D eigenvalue weighted by Gasteiger charge is -2.35. The van der Waals surface area contributed by atoms with Crippen LogP contribution in [0.3, 0.4) is 0 Å². The second-order valence-corrected chi connectivity index (χ2v) is 7.68. The molecule has 0 N–H and O–H groups in total. The van der Waals surface area contributed by atoms with Crippen LogP contribution < -0.4 is 9.64 Å². The van der Waals surface area contributed by atoms with Gasteiger partial charge in [-0.2, -0.15) is 0 Å². The summed E-state index contributed by atoms with van der Waals surface area (Å²) in [5.41, 5.74) is 1.99. The van der Waals surface area contributed by atoms with E-state index in [0.29, 0.717) is 6.61 Å². The lowest BCUT2D eigenvalue weighted by molar-refractivity contribution is -0.129. The van der Waals surface area contributed by atoms with Crippen LogP contribution in [0.5, 0.6) is 5.75 Å². The van der Waals surface area contributed by atoms with E-state index in [1.807, 2.05) is 47.4 Å². The summed E-state index contributed by atoms with van der Waals surface area (Å²) in [6.45, 7) is 1.46. The van der Waals surface area contributed by atoms with Crippen molar-refractivity contribution in [3.63, 3.8) is 0 Å². The van der Waals surface area contributed by atoms with Crippen molar-refractivity contribution in [2.24, 2.45) is 5.41 Å². The summed E-state index contributed by atoms with van der Waals surface area (Å²) in [5.74, 6) is 1.10. The molecule has 2 aliphatic rings. The number of methoxy groups -OCH3 is 1. The van der Waals surface area contributed by atoms with E-state index in [1.165, 1.54) is 5.56 Å². The molecule has 1 spiro atoms. The number of hydrogen-bond donors (Lipinski definition) is 0. The molecular weight excluding hydrogens is 338 g/mol. The second kappa shape index (κ2) is 7.73. The van der Waals surface area contributed by atoms with E-state index >= 15 is 0 Å². The number of carbonyl (C=O) groups excluding carboxylic acids is 1. The Hall–Kier alpha value is -2.33. The van der Waals surface area contributed by atoms with E-state index in [0.717, 1.165) is 50.1 Å². The molecule has 4 rings (SSSR count). The monoisotopic (exact) mass is 365 g/mol. The Morgan fingerprint density at radius 2 is 1.70 bits per heavy atom. The van der Waals surface area contributed by atoms with Gasteiger partial charge in [-0.15, -0.1) is 0 Å². The zero-order valence-corrected chi connectivity index (χ0v) is 15.9. The Balaban J connectivity index is 1.34. The van der Waals surface area contributed by atoms with Gasteiger partial charge >= 0.3 is 0 Å². The van der Waals surface area contributed by atoms with Gasteiger partial charge < -0.3 is 14.4 Å². The van der Waals surface area contributed by atoms with Crippen LogP contribution >= 0.6 is 0 Å². The summed E-state index contributed by atoms with van der Waals surface area (Å²) >= 11 is 0. The highest BCUT2D eigenvalue weighted by Gasteiger charge is 2.48. The molecule has 0 unspecified atom stereocenters. The number of amides is 1. The van der Waals surface area contributed by atoms with Crippen molar-refractivity contribution >= 4 is 11.6 Å². The van der Waals surface area contributed by atoms with Gasteiger partial charge in [0.25, 0.3) is 0 Å². The SMILES string of the molecule is COc1ccc(N2CC[C@]3(CC[C@H](OCc4ccccc4)CC3)C2=O)cc1. The van der Waals surface area contributed by atoms with E-state index in [4.69, 9.17) is 9.47 Å². The Kier molecular flexibility index (Phi) is 5.17. The highest BCUT2D eigenvalue weighted by molar-refractivity contribution is 6.00. The molecule has 0 atom stereocenters. The lowest BCUT2D eigenvalue weighted by Crippen LogP contribution is -2.39. The first kappa shape index (κ1) is 18.1. The zero-order valence-electron chi connectivity index (χ0n) is 15.9. The van der Waals surface area contributed by atoms with E-state index in [9.17, 15) is 4.79 Å². The van der Waals surface area contributed by atoms with Crippen LogP contribution in [0.15, 0.2) is 54.6 Å². The Labute approximate surface area is 161 Å². The molecule has 2 fully saturated rings. The van der Waals surface area contributed by atoms with Gasteiger partial charge in [0.1, 0.15) is 5.75 Å². The lowest BCUT2D eigenvalue weighted by atomic mass is 9.72. The quantitative estimate of drug-likeness (QED) is 0.779. The molecule has 2 aromatic rings. The van der Waals surface area contributed by atoms with Crippen molar-refractivity contribution < 1.29 is 14.3 Å². The fourth-order valence-electron chi connectivity index (χ4n) is 4.39. The average Bonchev–Trinajstić information content (AvgIpc) is 3.04. The molecule has 1 saturated carbocycles. The molecule has 2 aromatic carbocycles. The zero-order chi connectivity index (χ0) is 18.7. The van der Waals surface area contributed by atoms with Gasteiger partial charge in [-0.05, 0) is 61.9 Å². The smallest absolute Gasteiger partial charge is 0.233 e. The van der Waals surface area contributed by atoms with Crippen LogP contribution in [-0.2, 0) is 16.1 Å². The molecule has 4 nitrogen and oxygen atoms in total. The summed E-state index contributed by atoms with van der Waals surface area (Å²) in [6, 6.07) is 18.1. The minimum absolute atomic E-state index is 0.188. The summed E-state index contributed by atoms with van der Waals surface area (Å²) in [7, 11) is 1.66. The largest absolute Gasteiger partial charge is 0.497 e. The van der Waals surface area contributed by atoms with Gasteiger partial charge in [0.05, 0.1) is 25.2 Å². The van der Waals surface area contributed by atoms with Crippen LogP contribution in [-0.4, -0.2) is 25.7 Å². The summed E-state index contributed by atoms with van der Waals surface area (Å²) in [4.78, 5) is 15.1. The number of carbonyl (C=O) groups is 1. The maximum atomic E-state index is 13.2. The molecule has 27 heavy (non-hydrogen) atoms. The standard InChI is InChI=1S/C23H27NO3/c1-26-20-9-7-19(8-10-20)24-16-15-23(22(24)25)13-11-21(12-14-23)27-17-18-5-3-2-4-6-18/h2-10,21H,11-17H2,1H3/t21-,23+. The molecule has 1 heterocycles. The number of hydrogen-bond acceptors (Lipinski definition) is 3. The molecule has 0 bridgehead atoms. The van der Waals surface area contributed by atoms with Crippen LogP contribution in [0.4, 0.5) is 5.69 Å². The fraction of sp³-hybridized carbons (Fsp3) is 0.435. The highest BCUT2D eigenvalue weighted by atomic mass is 16.5. The molecular formula is C23H27NO3. The van der Waals surface area contributed by atoms with Gasteiger partial charge in [-0.25, -0.2) is 0 Å². The van der Waals surface area contributed by atoms with E-state index < -0.39 is 0 Å². The Morgan fingerprint density at radius 1 is 1.00 bits per heavy atom. The molecule has 1 aliphatic heterocycles. The topological polar surface area (TPSA) is 38.8 Å². The molecule has 142 valence electrons. The van der Waals surface area contributed by atoms with Gasteiger partial charge in [0, 0.05) is 12.2 Å². The fourth-order valence-corrected chi connectivity index (χ4v) is 4.39. The number of benzene rings is 2. The average molecular weight is 365 g/mol. The molecule has 1 amide bonds. The van der Waals surface area contributed by atoms with Gasteiger partial charge in [-0.3, -0.25) is 4.79 Å². The van der Waals surface area contributed by atoms with Gasteiger partial charge in [-0.1, -0.05) is 30.3 Å². The normalized spacial score (nSPS) is 25.1. The van der Waals surface area contributed by atoms with Crippen molar-refractivity contribution in [3.8, 4) is 5.75 Å². The maximum absolute atomic E-state index is 13.2. The Bertz CT molecular complexity index is 764.